The molecule has 2 fully saturated rings. The van der Waals surface area contributed by atoms with E-state index in [1.165, 1.54) is 37.2 Å². The van der Waals surface area contributed by atoms with Gasteiger partial charge in [0.15, 0.2) is 0 Å². The van der Waals surface area contributed by atoms with Crippen LogP contribution in [0.5, 0.6) is 11.5 Å². The first-order chi connectivity index (χ1) is 35.7. The smallest absolute Gasteiger partial charge is 0.270 e. The number of H-pyrrole nitrogens is 2. The quantitative estimate of drug-likeness (QED) is 0.0778. The van der Waals surface area contributed by atoms with Crippen molar-refractivity contribution < 1.29 is 28.7 Å². The number of hydrogen-bond donors (Lipinski definition) is 4. The Labute approximate surface area is 419 Å². The van der Waals surface area contributed by atoms with Crippen LogP contribution in [0.4, 0.5) is 0 Å². The van der Waals surface area contributed by atoms with Gasteiger partial charge in [-0.3, -0.25) is 19.2 Å². The van der Waals surface area contributed by atoms with Crippen molar-refractivity contribution in [1.29, 1.82) is 0 Å². The Bertz CT molecular complexity index is 3270. The zero-order valence-electron chi connectivity index (χ0n) is 39.8. The number of nitrogens with one attached hydrogen (secondary N) is 4. The van der Waals surface area contributed by atoms with Gasteiger partial charge in [0.25, 0.3) is 11.8 Å². The average Bonchev–Trinajstić information content (AvgIpc) is 4.29. The lowest BCUT2D eigenvalue weighted by Gasteiger charge is -2.30. The highest BCUT2D eigenvalue weighted by atomic mass is 16.5. The number of amides is 4. The fourth-order valence-electron chi connectivity index (χ4n) is 10.2. The summed E-state index contributed by atoms with van der Waals surface area (Å²) in [6, 6.07) is 17.7. The molecule has 4 atom stereocenters. The maximum Gasteiger partial charge on any atom is 0.270 e. The maximum atomic E-state index is 14.4. The van der Waals surface area contributed by atoms with Gasteiger partial charge in [0.05, 0.1) is 35.9 Å². The third-order valence-electron chi connectivity index (χ3n) is 13.7. The normalized spacial score (nSPS) is 17.4. The van der Waals surface area contributed by atoms with Gasteiger partial charge >= 0.3 is 0 Å². The van der Waals surface area contributed by atoms with Crippen molar-refractivity contribution in [3.63, 3.8) is 0 Å². The minimum absolute atomic E-state index is 0.140. The fourth-order valence-corrected chi connectivity index (χ4v) is 10.2. The van der Waals surface area contributed by atoms with E-state index in [-0.39, 0.29) is 35.3 Å². The molecule has 18 heteroatoms. The first-order valence-electron chi connectivity index (χ1n) is 24.2. The number of carbonyl (C=O) groups is 4. The van der Waals surface area contributed by atoms with E-state index < -0.39 is 23.9 Å². The van der Waals surface area contributed by atoms with Crippen molar-refractivity contribution in [1.82, 2.24) is 60.3 Å². The first kappa shape index (κ1) is 46.3. The largest absolute Gasteiger partial charge is 0.488 e. The predicted octanol–water partition coefficient (Wildman–Crippen LogP) is 7.48. The molecule has 11 rings (SSSR count). The maximum absolute atomic E-state index is 14.4. The second-order valence-corrected chi connectivity index (χ2v) is 18.2. The van der Waals surface area contributed by atoms with E-state index in [0.717, 1.165) is 69.1 Å². The molecular weight excluding hydrogens is 925 g/mol. The van der Waals surface area contributed by atoms with Crippen molar-refractivity contribution in [2.45, 2.75) is 70.0 Å². The monoisotopic (exact) mass is 974 g/mol. The highest BCUT2D eigenvalue weighted by Gasteiger charge is 2.39. The lowest BCUT2D eigenvalue weighted by Crippen LogP contribution is -2.49. The third kappa shape index (κ3) is 9.14. The van der Waals surface area contributed by atoms with Gasteiger partial charge in [-0.25, -0.2) is 29.9 Å². The number of carbonyl (C=O) groups excluding carboxylic acids is 4. The van der Waals surface area contributed by atoms with Crippen LogP contribution in [0.1, 0.15) is 100 Å². The summed E-state index contributed by atoms with van der Waals surface area (Å²) >= 11 is 0. The van der Waals surface area contributed by atoms with Crippen molar-refractivity contribution in [3.8, 4) is 45.1 Å². The highest BCUT2D eigenvalue weighted by Crippen LogP contribution is 2.51. The van der Waals surface area contributed by atoms with E-state index in [1.807, 2.05) is 61.5 Å². The van der Waals surface area contributed by atoms with Crippen LogP contribution < -0.4 is 20.1 Å². The van der Waals surface area contributed by atoms with Crippen LogP contribution in [0.15, 0.2) is 141 Å². The van der Waals surface area contributed by atoms with Crippen molar-refractivity contribution in [2.24, 2.45) is 0 Å². The van der Waals surface area contributed by atoms with E-state index in [4.69, 9.17) is 19.4 Å². The van der Waals surface area contributed by atoms with Gasteiger partial charge in [0, 0.05) is 58.9 Å². The molecule has 2 saturated heterocycles. The molecule has 73 heavy (non-hydrogen) atoms. The zero-order chi connectivity index (χ0) is 50.0. The fraction of sp³-hybridized carbons (Fsp3) is 0.236. The van der Waals surface area contributed by atoms with Crippen LogP contribution >= 0.6 is 0 Å². The number of aromatic amines is 2. The van der Waals surface area contributed by atoms with Crippen LogP contribution in [0.3, 0.4) is 0 Å². The summed E-state index contributed by atoms with van der Waals surface area (Å²) < 4.78 is 13.0. The second kappa shape index (κ2) is 20.0. The number of ether oxygens (including phenoxy) is 2. The van der Waals surface area contributed by atoms with E-state index in [2.05, 4.69) is 59.2 Å². The average molecular weight is 975 g/mol. The summed E-state index contributed by atoms with van der Waals surface area (Å²) in [6.45, 7) is 7.64. The Balaban J connectivity index is 0.811. The van der Waals surface area contributed by atoms with Crippen molar-refractivity contribution in [2.75, 3.05) is 13.1 Å². The van der Waals surface area contributed by atoms with Gasteiger partial charge in [-0.1, -0.05) is 61.2 Å². The number of hydrogen-bond acceptors (Lipinski definition) is 12. The first-order valence-corrected chi connectivity index (χ1v) is 24.2. The van der Waals surface area contributed by atoms with Gasteiger partial charge in [-0.2, -0.15) is 0 Å². The SMILES string of the molecule is C=C(/C=C\C=C/C)[C@@H](NC(=O)c1ccncn1)C(=O)N1CCCC1c1ncc(-c2cc3c4c(c2)OCc2cc(-c5cnc([C@@H]6CCCN6C(=O)[C@H](NC(=O)c6ccncn6)c6ccccc6)[nH]5)cc(c2-4)OC3)[nH]1. The number of aromatic nitrogens is 8. The minimum Gasteiger partial charge on any atom is -0.488 e. The molecule has 0 saturated carbocycles. The van der Waals surface area contributed by atoms with E-state index >= 15 is 0 Å². The van der Waals surface area contributed by atoms with Crippen LogP contribution in [0, 0.1) is 0 Å². The number of rotatable bonds is 14. The summed E-state index contributed by atoms with van der Waals surface area (Å²) in [5.41, 5.74) is 8.55. The molecule has 3 aromatic carbocycles. The highest BCUT2D eigenvalue weighted by molar-refractivity contribution is 5.98. The molecule has 4 N–H and O–H groups in total. The Hall–Kier alpha value is -9.06. The Morgan fingerprint density at radius 2 is 1.25 bits per heavy atom. The van der Waals surface area contributed by atoms with Gasteiger partial charge in [-0.15, -0.1) is 0 Å². The summed E-state index contributed by atoms with van der Waals surface area (Å²) in [7, 11) is 0. The van der Waals surface area contributed by atoms with Gasteiger partial charge in [-0.05, 0) is 80.1 Å². The molecule has 4 amide bonds. The van der Waals surface area contributed by atoms with Gasteiger partial charge in [0.1, 0.15) is 72.5 Å². The molecule has 0 radical (unpaired) electrons. The lowest BCUT2D eigenvalue weighted by atomic mass is 9.87. The van der Waals surface area contributed by atoms with E-state index in [9.17, 15) is 19.2 Å². The van der Waals surface area contributed by atoms with E-state index in [0.29, 0.717) is 61.9 Å². The third-order valence-corrected chi connectivity index (χ3v) is 13.7. The topological polar surface area (TPSA) is 226 Å². The molecular formula is C55H50N12O6. The summed E-state index contributed by atoms with van der Waals surface area (Å²) in [5.74, 6) is 1.24. The van der Waals surface area contributed by atoms with Crippen LogP contribution in [0.25, 0.3) is 33.6 Å². The molecule has 0 spiro atoms. The molecule has 0 aliphatic carbocycles. The summed E-state index contributed by atoms with van der Waals surface area (Å²) in [6.07, 6.45) is 19.2. The lowest BCUT2D eigenvalue weighted by molar-refractivity contribution is -0.134. The molecule has 366 valence electrons. The molecule has 0 bridgehead atoms. The Kier molecular flexibility index (Phi) is 12.7. The zero-order valence-corrected chi connectivity index (χ0v) is 39.8. The number of imidazole rings is 2. The molecule has 4 aliphatic rings. The Morgan fingerprint density at radius 1 is 0.699 bits per heavy atom. The van der Waals surface area contributed by atoms with Crippen molar-refractivity contribution >= 4 is 23.6 Å². The van der Waals surface area contributed by atoms with Gasteiger partial charge in [0.2, 0.25) is 11.8 Å². The second-order valence-electron chi connectivity index (χ2n) is 18.2. The molecule has 7 aromatic rings. The molecule has 4 aromatic heterocycles. The predicted molar refractivity (Wildman–Crippen MR) is 268 cm³/mol. The Morgan fingerprint density at radius 3 is 1.78 bits per heavy atom. The number of likely N-dealkylation sites (tertiary alicyclic amines) is 2. The van der Waals surface area contributed by atoms with E-state index in [1.54, 1.807) is 34.3 Å². The van der Waals surface area contributed by atoms with Crippen LogP contribution in [0.2, 0.25) is 0 Å². The minimum atomic E-state index is -1.04. The number of allylic oxidation sites excluding steroid dienone is 3. The molecule has 4 aliphatic heterocycles. The van der Waals surface area contributed by atoms with Crippen molar-refractivity contribution in [3.05, 3.63) is 180 Å². The van der Waals surface area contributed by atoms with Gasteiger partial charge < -0.3 is 39.9 Å². The molecule has 18 nitrogen and oxygen atoms in total. The standard InChI is InChI=1S/C55H50N12O6/c1-3-4-6-11-32(2)48(64-52(68)38-16-18-56-30-60-38)54(70)66-20-9-14-42(66)50-58-26-40(62-50)34-22-36-28-73-45-25-35(23-37-29-72-44(24-34)46(36)47(37)45)41-27-59-51(63-41)43-15-10-21-67(43)55(71)49(33-12-7-5-8-13-33)65-53(69)39-17-19-57-31-61-39/h3-8,11-13,16-19,22-27,30-31,42-43,48-49H,2,9-10,14-15,20-21,28-29H2,1H3,(H,58,62)(H,59,63)(H,64,68)(H,65,69)/b4-3-,11-6-/t42?,43-,48+,49+/m0/s1. The van der Waals surface area contributed by atoms with Crippen LogP contribution in [-0.4, -0.2) is 92.4 Å². The molecule has 8 heterocycles. The molecule has 1 unspecified atom stereocenters. The van der Waals surface area contributed by atoms with Crippen LogP contribution in [-0.2, 0) is 22.8 Å². The summed E-state index contributed by atoms with van der Waals surface area (Å²) in [4.78, 5) is 91.5. The number of benzene rings is 3. The summed E-state index contributed by atoms with van der Waals surface area (Å²) in [5, 5.41) is 5.77. The number of nitrogens with zero attached hydrogens (tertiary/aromatic N) is 8.